The molecule has 0 aliphatic carbocycles. The molecule has 0 atom stereocenters. The fraction of sp³-hybridized carbons (Fsp3) is 0.200. The summed E-state index contributed by atoms with van der Waals surface area (Å²) in [7, 11) is 0. The number of nitrogen functional groups attached to an aromatic ring is 1. The van der Waals surface area contributed by atoms with Gasteiger partial charge in [0.05, 0.1) is 11.7 Å². The molecule has 0 saturated carbocycles. The summed E-state index contributed by atoms with van der Waals surface area (Å²) in [6, 6.07) is 8.54. The summed E-state index contributed by atoms with van der Waals surface area (Å²) in [6.45, 7) is 3.80. The second-order valence-corrected chi connectivity index (χ2v) is 5.57. The quantitative estimate of drug-likeness (QED) is 0.828. The van der Waals surface area contributed by atoms with Crippen molar-refractivity contribution in [3.8, 4) is 5.88 Å². The average Bonchev–Trinajstić information content (AvgIpc) is 2.43. The van der Waals surface area contributed by atoms with E-state index in [4.69, 9.17) is 10.5 Å². The third-order valence-corrected chi connectivity index (χ3v) is 3.29. The van der Waals surface area contributed by atoms with Gasteiger partial charge in [0, 0.05) is 16.4 Å². The molecule has 0 unspecified atom stereocenters. The lowest BCUT2D eigenvalue weighted by molar-refractivity contribution is 0.102. The minimum Gasteiger partial charge on any atom is -0.473 e. The first-order valence-corrected chi connectivity index (χ1v) is 7.24. The topological polar surface area (TPSA) is 77.2 Å². The zero-order chi connectivity index (χ0) is 15.4. The van der Waals surface area contributed by atoms with Gasteiger partial charge in [-0.05, 0) is 60.1 Å². The van der Waals surface area contributed by atoms with Crippen molar-refractivity contribution in [1.82, 2.24) is 4.98 Å². The number of benzene rings is 1. The number of rotatable bonds is 4. The van der Waals surface area contributed by atoms with E-state index < -0.39 is 0 Å². The number of amides is 1. The first-order chi connectivity index (χ1) is 9.97. The highest BCUT2D eigenvalue weighted by Gasteiger charge is 2.14. The third-order valence-electron chi connectivity index (χ3n) is 2.60. The van der Waals surface area contributed by atoms with E-state index in [2.05, 4.69) is 26.2 Å². The molecular formula is C15H16BrN3O2. The Morgan fingerprint density at radius 2 is 2.14 bits per heavy atom. The third kappa shape index (κ3) is 3.95. The fourth-order valence-corrected chi connectivity index (χ4v) is 2.14. The molecule has 0 saturated heterocycles. The van der Waals surface area contributed by atoms with E-state index in [1.165, 1.54) is 0 Å². The molecule has 0 bridgehead atoms. The number of nitrogens with one attached hydrogen (secondary N) is 1. The van der Waals surface area contributed by atoms with Crippen LogP contribution in [0.25, 0.3) is 0 Å². The zero-order valence-electron chi connectivity index (χ0n) is 11.8. The Bertz CT molecular complexity index is 659. The molecule has 6 heteroatoms. The van der Waals surface area contributed by atoms with Crippen LogP contribution in [0.4, 0.5) is 11.4 Å². The molecule has 1 heterocycles. The molecule has 5 nitrogen and oxygen atoms in total. The Hall–Kier alpha value is -2.08. The average molecular weight is 350 g/mol. The Morgan fingerprint density at radius 3 is 2.86 bits per heavy atom. The molecule has 1 amide bonds. The van der Waals surface area contributed by atoms with Crippen LogP contribution in [0.3, 0.4) is 0 Å². The highest BCUT2D eigenvalue weighted by Crippen LogP contribution is 2.25. The Balaban J connectivity index is 2.25. The number of ether oxygens (including phenoxy) is 1. The predicted molar refractivity (Wildman–Crippen MR) is 86.5 cm³/mol. The van der Waals surface area contributed by atoms with Crippen LogP contribution in [0.15, 0.2) is 41.0 Å². The van der Waals surface area contributed by atoms with E-state index in [0.29, 0.717) is 27.3 Å². The molecule has 0 spiro atoms. The summed E-state index contributed by atoms with van der Waals surface area (Å²) >= 11 is 3.34. The van der Waals surface area contributed by atoms with Gasteiger partial charge in [-0.2, -0.15) is 0 Å². The Labute approximate surface area is 131 Å². The molecular weight excluding hydrogens is 334 g/mol. The molecule has 0 aliphatic heterocycles. The second kappa shape index (κ2) is 6.58. The molecule has 1 aromatic heterocycles. The van der Waals surface area contributed by atoms with Gasteiger partial charge in [0.15, 0.2) is 0 Å². The summed E-state index contributed by atoms with van der Waals surface area (Å²) in [5.74, 6) is 0.108. The van der Waals surface area contributed by atoms with Crippen molar-refractivity contribution in [2.24, 2.45) is 0 Å². The van der Waals surface area contributed by atoms with E-state index in [1.54, 1.807) is 36.5 Å². The molecule has 1 aromatic carbocycles. The van der Waals surface area contributed by atoms with E-state index in [0.717, 1.165) is 0 Å². The number of aromatic nitrogens is 1. The van der Waals surface area contributed by atoms with Crippen LogP contribution >= 0.6 is 15.9 Å². The largest absolute Gasteiger partial charge is 0.473 e. The lowest BCUT2D eigenvalue weighted by Crippen LogP contribution is -2.16. The monoisotopic (exact) mass is 349 g/mol. The molecule has 110 valence electrons. The van der Waals surface area contributed by atoms with Crippen LogP contribution in [-0.4, -0.2) is 17.0 Å². The van der Waals surface area contributed by atoms with Gasteiger partial charge in [0.1, 0.15) is 5.69 Å². The molecule has 3 N–H and O–H groups in total. The number of carbonyl (C=O) groups excluding carboxylic acids is 1. The van der Waals surface area contributed by atoms with Crippen LogP contribution < -0.4 is 15.8 Å². The predicted octanol–water partition coefficient (Wildman–Crippen LogP) is 3.47. The Morgan fingerprint density at radius 1 is 1.38 bits per heavy atom. The highest BCUT2D eigenvalue weighted by atomic mass is 79.9. The molecule has 0 radical (unpaired) electrons. The number of anilines is 2. The van der Waals surface area contributed by atoms with Gasteiger partial charge < -0.3 is 15.8 Å². The summed E-state index contributed by atoms with van der Waals surface area (Å²) < 4.78 is 6.24. The maximum absolute atomic E-state index is 12.3. The van der Waals surface area contributed by atoms with E-state index in [9.17, 15) is 4.79 Å². The van der Waals surface area contributed by atoms with Gasteiger partial charge in [-0.3, -0.25) is 4.79 Å². The molecule has 2 rings (SSSR count). The first-order valence-electron chi connectivity index (χ1n) is 6.45. The molecule has 21 heavy (non-hydrogen) atoms. The molecule has 0 aliphatic rings. The van der Waals surface area contributed by atoms with Crippen molar-refractivity contribution < 1.29 is 9.53 Å². The number of nitrogens with zero attached hydrogens (tertiary/aromatic N) is 1. The van der Waals surface area contributed by atoms with Crippen molar-refractivity contribution >= 4 is 33.2 Å². The van der Waals surface area contributed by atoms with Crippen molar-refractivity contribution in [3.05, 3.63) is 46.6 Å². The van der Waals surface area contributed by atoms with Gasteiger partial charge in [-0.25, -0.2) is 4.98 Å². The van der Waals surface area contributed by atoms with Crippen LogP contribution in [0.5, 0.6) is 5.88 Å². The van der Waals surface area contributed by atoms with Crippen LogP contribution in [0, 0.1) is 0 Å². The minimum absolute atomic E-state index is 0.0327. The standard InChI is InChI=1S/C15H16BrN3O2/c1-9(2)21-15-13(4-3-7-18-15)19-14(20)11-8-10(17)5-6-12(11)16/h3-9H,17H2,1-2H3,(H,19,20). The number of carbonyl (C=O) groups is 1. The van der Waals surface area contributed by atoms with Crippen LogP contribution in [0.1, 0.15) is 24.2 Å². The van der Waals surface area contributed by atoms with Gasteiger partial charge in [0.2, 0.25) is 5.88 Å². The molecule has 0 fully saturated rings. The highest BCUT2D eigenvalue weighted by molar-refractivity contribution is 9.10. The number of hydrogen-bond acceptors (Lipinski definition) is 4. The van der Waals surface area contributed by atoms with Gasteiger partial charge in [-0.1, -0.05) is 0 Å². The Kier molecular flexibility index (Phi) is 4.80. The van der Waals surface area contributed by atoms with Gasteiger partial charge >= 0.3 is 0 Å². The van der Waals surface area contributed by atoms with Crippen LogP contribution in [-0.2, 0) is 0 Å². The summed E-state index contributed by atoms with van der Waals surface area (Å²) in [5, 5.41) is 2.79. The van der Waals surface area contributed by atoms with E-state index >= 15 is 0 Å². The van der Waals surface area contributed by atoms with Crippen molar-refractivity contribution in [3.63, 3.8) is 0 Å². The van der Waals surface area contributed by atoms with Gasteiger partial charge in [0.25, 0.3) is 5.91 Å². The number of pyridine rings is 1. The van der Waals surface area contributed by atoms with Crippen LogP contribution in [0.2, 0.25) is 0 Å². The first kappa shape index (κ1) is 15.3. The summed E-state index contributed by atoms with van der Waals surface area (Å²) in [6.07, 6.45) is 1.58. The smallest absolute Gasteiger partial charge is 0.257 e. The fourth-order valence-electron chi connectivity index (χ4n) is 1.71. The van der Waals surface area contributed by atoms with Crippen molar-refractivity contribution in [2.45, 2.75) is 20.0 Å². The lowest BCUT2D eigenvalue weighted by Gasteiger charge is -2.14. The summed E-state index contributed by atoms with van der Waals surface area (Å²) in [5.41, 5.74) is 7.21. The second-order valence-electron chi connectivity index (χ2n) is 4.72. The number of hydrogen-bond donors (Lipinski definition) is 2. The summed E-state index contributed by atoms with van der Waals surface area (Å²) in [4.78, 5) is 16.5. The van der Waals surface area contributed by atoms with Gasteiger partial charge in [-0.15, -0.1) is 0 Å². The zero-order valence-corrected chi connectivity index (χ0v) is 13.3. The van der Waals surface area contributed by atoms with E-state index in [-0.39, 0.29) is 12.0 Å². The SMILES string of the molecule is CC(C)Oc1ncccc1NC(=O)c1cc(N)ccc1Br. The normalized spacial score (nSPS) is 10.5. The molecule has 2 aromatic rings. The maximum Gasteiger partial charge on any atom is 0.257 e. The minimum atomic E-state index is -0.282. The maximum atomic E-state index is 12.3. The number of nitrogens with two attached hydrogens (primary N) is 1. The lowest BCUT2D eigenvalue weighted by atomic mass is 10.2. The van der Waals surface area contributed by atoms with Crippen molar-refractivity contribution in [2.75, 3.05) is 11.1 Å². The van der Waals surface area contributed by atoms with E-state index in [1.807, 2.05) is 13.8 Å². The van der Waals surface area contributed by atoms with Crippen molar-refractivity contribution in [1.29, 1.82) is 0 Å². The number of halogens is 1.